The van der Waals surface area contributed by atoms with Gasteiger partial charge in [0.1, 0.15) is 0 Å². The molecular weight excluding hydrogens is 404 g/mol. The monoisotopic (exact) mass is 442 g/mol. The molecule has 0 amide bonds. The third kappa shape index (κ3) is 9.70. The first-order chi connectivity index (χ1) is 11.7. The van der Waals surface area contributed by atoms with E-state index in [1.165, 1.54) is 45.6 Å². The summed E-state index contributed by atoms with van der Waals surface area (Å²) in [5, 5.41) is 0. The molecule has 0 aromatic carbocycles. The average Bonchev–Trinajstić information content (AvgIpc) is 2.80. The van der Waals surface area contributed by atoms with Crippen LogP contribution in [0.4, 0.5) is 0 Å². The van der Waals surface area contributed by atoms with E-state index in [1.54, 1.807) is 0 Å². The number of hydrogen-bond acceptors (Lipinski definition) is 0. The maximum absolute atomic E-state index is 3.44. The molecule has 0 saturated carbocycles. The van der Waals surface area contributed by atoms with E-state index in [9.17, 15) is 0 Å². The Morgan fingerprint density at radius 1 is 0.667 bits per heavy atom. The fourth-order valence-electron chi connectivity index (χ4n) is 2.81. The zero-order chi connectivity index (χ0) is 21.3. The molecule has 2 rings (SSSR count). The number of hydrogen-bond donors (Lipinski definition) is 0. The van der Waals surface area contributed by atoms with Crippen LogP contribution in [0.2, 0.25) is 0 Å². The van der Waals surface area contributed by atoms with Crippen molar-refractivity contribution in [2.24, 2.45) is 10.8 Å². The van der Waals surface area contributed by atoms with Crippen LogP contribution in [0.1, 0.15) is 69.2 Å². The number of rotatable bonds is 0. The Morgan fingerprint density at radius 2 is 0.852 bits per heavy atom. The van der Waals surface area contributed by atoms with Gasteiger partial charge in [0, 0.05) is 0 Å². The largest absolute Gasteiger partial charge is 4.00 e. The molecule has 0 atom stereocenters. The summed E-state index contributed by atoms with van der Waals surface area (Å²) in [4.78, 5) is 0. The molecule has 0 bridgehead atoms. The van der Waals surface area contributed by atoms with Gasteiger partial charge in [-0.2, -0.15) is 22.3 Å². The van der Waals surface area contributed by atoms with Gasteiger partial charge in [-0.25, -0.2) is 50.3 Å². The second kappa shape index (κ2) is 13.3. The Bertz CT molecular complexity index is 561. The van der Waals surface area contributed by atoms with Crippen LogP contribution in [0, 0.1) is 36.8 Å². The molecule has 0 nitrogen and oxygen atoms in total. The van der Waals surface area contributed by atoms with Gasteiger partial charge in [-0.1, -0.05) is 66.2 Å². The van der Waals surface area contributed by atoms with E-state index in [4.69, 9.17) is 0 Å². The second-order valence-electron chi connectivity index (χ2n) is 7.83. The van der Waals surface area contributed by atoms with Crippen molar-refractivity contribution in [1.82, 2.24) is 0 Å². The molecule has 0 aromatic heterocycles. The third-order valence-electron chi connectivity index (χ3n) is 5.12. The Kier molecular flexibility index (Phi) is 15.1. The van der Waals surface area contributed by atoms with Crippen molar-refractivity contribution in [2.45, 2.75) is 69.2 Å². The van der Waals surface area contributed by atoms with Crippen molar-refractivity contribution in [1.29, 1.82) is 0 Å². The van der Waals surface area contributed by atoms with Crippen molar-refractivity contribution < 1.29 is 26.2 Å². The molecule has 0 fully saturated rings. The Balaban J connectivity index is -0.000000322. The molecule has 0 saturated heterocycles. The molecule has 2 aliphatic rings. The van der Waals surface area contributed by atoms with Crippen molar-refractivity contribution in [2.75, 3.05) is 0 Å². The van der Waals surface area contributed by atoms with Crippen molar-refractivity contribution in [3.05, 3.63) is 84.7 Å². The maximum atomic E-state index is 3.44. The summed E-state index contributed by atoms with van der Waals surface area (Å²) in [6.45, 7) is 34.8. The van der Waals surface area contributed by atoms with Crippen molar-refractivity contribution in [3.63, 3.8) is 0 Å². The SMILES string of the molecule is C=C[CH2-].C=C[CH2-].CC1=[C-]C(C)(C)C(C)=C1C.CC1=[C-]C(C)(C)C(C)=C1C.[Zr+4]. The molecule has 1 heteroatoms. The molecule has 0 aromatic rings. The van der Waals surface area contributed by atoms with Gasteiger partial charge in [0.2, 0.25) is 0 Å². The van der Waals surface area contributed by atoms with Crippen LogP contribution in [-0.4, -0.2) is 0 Å². The smallest absolute Gasteiger partial charge is 0.263 e. The summed E-state index contributed by atoms with van der Waals surface area (Å²) in [5.41, 5.74) is 8.79. The molecule has 0 aliphatic heterocycles. The minimum Gasteiger partial charge on any atom is -0.263 e. The Hall–Kier alpha value is -0.937. The summed E-state index contributed by atoms with van der Waals surface area (Å²) < 4.78 is 0. The minimum atomic E-state index is 0. The van der Waals surface area contributed by atoms with E-state index in [2.05, 4.69) is 108 Å². The normalized spacial score (nSPS) is 18.3. The fourth-order valence-corrected chi connectivity index (χ4v) is 2.81. The Labute approximate surface area is 190 Å². The van der Waals surface area contributed by atoms with Gasteiger partial charge in [-0.05, 0) is 0 Å². The third-order valence-corrected chi connectivity index (χ3v) is 5.12. The van der Waals surface area contributed by atoms with Gasteiger partial charge >= 0.3 is 26.2 Å². The zero-order valence-corrected chi connectivity index (χ0v) is 21.9. The predicted molar refractivity (Wildman–Crippen MR) is 120 cm³/mol. The van der Waals surface area contributed by atoms with Crippen molar-refractivity contribution in [3.8, 4) is 0 Å². The quantitative estimate of drug-likeness (QED) is 0.331. The standard InChI is InChI=1S/2C10H15.2C3H5.Zr/c2*1-7-6-10(4,5)9(3)8(7)2;2*1-3-2;/h2*1-5H3;2*3H,1-2H2;/q4*-1;+4. The van der Waals surface area contributed by atoms with Crippen LogP contribution >= 0.6 is 0 Å². The van der Waals surface area contributed by atoms with Gasteiger partial charge < -0.3 is 0 Å². The summed E-state index contributed by atoms with van der Waals surface area (Å²) >= 11 is 0. The summed E-state index contributed by atoms with van der Waals surface area (Å²) in [6, 6.07) is 0. The van der Waals surface area contributed by atoms with Gasteiger partial charge in [0.25, 0.3) is 0 Å². The predicted octanol–water partition coefficient (Wildman–Crippen LogP) is 8.23. The first-order valence-electron chi connectivity index (χ1n) is 9.13. The van der Waals surface area contributed by atoms with Crippen LogP contribution in [-0.2, 0) is 26.2 Å². The minimum absolute atomic E-state index is 0. The van der Waals surface area contributed by atoms with E-state index >= 15 is 0 Å². The Morgan fingerprint density at radius 3 is 0.889 bits per heavy atom. The molecule has 0 heterocycles. The van der Waals surface area contributed by atoms with Gasteiger partial charge in [0.15, 0.2) is 0 Å². The molecule has 2 aliphatic carbocycles. The molecule has 0 radical (unpaired) electrons. The van der Waals surface area contributed by atoms with Gasteiger partial charge in [-0.3, -0.25) is 12.2 Å². The topological polar surface area (TPSA) is 0 Å². The van der Waals surface area contributed by atoms with Crippen molar-refractivity contribution >= 4 is 0 Å². The zero-order valence-electron chi connectivity index (χ0n) is 19.5. The summed E-state index contributed by atoms with van der Waals surface area (Å²) in [7, 11) is 0. The first kappa shape index (κ1) is 30.8. The van der Waals surface area contributed by atoms with Crippen LogP contribution in [0.3, 0.4) is 0 Å². The van der Waals surface area contributed by atoms with Gasteiger partial charge in [0.05, 0.1) is 0 Å². The number of allylic oxidation sites excluding steroid dienone is 10. The van der Waals surface area contributed by atoms with E-state index in [0.29, 0.717) is 0 Å². The van der Waals surface area contributed by atoms with E-state index in [-0.39, 0.29) is 37.0 Å². The van der Waals surface area contributed by atoms with Gasteiger partial charge in [-0.15, -0.1) is 13.8 Å². The van der Waals surface area contributed by atoms with E-state index < -0.39 is 0 Å². The molecule has 148 valence electrons. The molecule has 0 N–H and O–H groups in total. The maximum Gasteiger partial charge on any atom is 4.00 e. The second-order valence-corrected chi connectivity index (χ2v) is 7.83. The van der Waals surface area contributed by atoms with Crippen LogP contribution in [0.25, 0.3) is 0 Å². The summed E-state index contributed by atoms with van der Waals surface area (Å²) in [6.07, 6.45) is 9.87. The average molecular weight is 444 g/mol. The van der Waals surface area contributed by atoms with E-state index in [1.807, 2.05) is 0 Å². The van der Waals surface area contributed by atoms with Crippen LogP contribution in [0.15, 0.2) is 58.7 Å². The van der Waals surface area contributed by atoms with Crippen LogP contribution in [0.5, 0.6) is 0 Å². The van der Waals surface area contributed by atoms with Crippen LogP contribution < -0.4 is 0 Å². The van der Waals surface area contributed by atoms with E-state index in [0.717, 1.165) is 0 Å². The molecule has 0 unspecified atom stereocenters. The fraction of sp³-hybridized carbons (Fsp3) is 0.462. The molecular formula is C26H40Zr. The molecule has 27 heavy (non-hydrogen) atoms. The molecule has 0 spiro atoms. The first-order valence-corrected chi connectivity index (χ1v) is 9.13. The summed E-state index contributed by atoms with van der Waals surface area (Å²) in [5.74, 6) is 0.